The summed E-state index contributed by atoms with van der Waals surface area (Å²) < 4.78 is 13.6. The molecule has 0 amide bonds. The molecule has 3 aromatic carbocycles. The third-order valence-corrected chi connectivity index (χ3v) is 5.49. The molecule has 6 heteroatoms. The standard InChI is InChI=1S/C25H21BrN2O3/c1-30-23-14-10-17(15-24(23)31-2)9-13-22(29)25-27-20-5-3-4-6-21(20)28(25)16-18-7-11-19(26)12-8-18/h3-15H,16H2,1-2H3/b13-9+. The molecule has 0 aliphatic heterocycles. The second-order valence-corrected chi connectivity index (χ2v) is 7.86. The van der Waals surface area contributed by atoms with Gasteiger partial charge in [0.15, 0.2) is 17.3 Å². The van der Waals surface area contributed by atoms with Gasteiger partial charge in [0.1, 0.15) is 0 Å². The molecule has 0 fully saturated rings. The Labute approximate surface area is 189 Å². The van der Waals surface area contributed by atoms with E-state index in [9.17, 15) is 4.79 Å². The average molecular weight is 477 g/mol. The van der Waals surface area contributed by atoms with Crippen molar-refractivity contribution < 1.29 is 14.3 Å². The van der Waals surface area contributed by atoms with Crippen molar-refractivity contribution in [3.63, 3.8) is 0 Å². The third kappa shape index (κ3) is 4.54. The normalized spacial score (nSPS) is 11.2. The molecule has 0 radical (unpaired) electrons. The van der Waals surface area contributed by atoms with E-state index in [1.165, 1.54) is 0 Å². The molecule has 0 spiro atoms. The lowest BCUT2D eigenvalue weighted by Gasteiger charge is -2.09. The first-order valence-corrected chi connectivity index (χ1v) is 10.5. The van der Waals surface area contributed by atoms with Crippen molar-refractivity contribution in [2.75, 3.05) is 14.2 Å². The molecule has 1 aromatic heterocycles. The van der Waals surface area contributed by atoms with E-state index in [0.29, 0.717) is 23.9 Å². The Hall–Kier alpha value is -3.38. The summed E-state index contributed by atoms with van der Waals surface area (Å²) in [5, 5.41) is 0. The summed E-state index contributed by atoms with van der Waals surface area (Å²) in [4.78, 5) is 17.7. The molecule has 0 N–H and O–H groups in total. The Bertz CT molecular complexity index is 1260. The van der Waals surface area contributed by atoms with Crippen LogP contribution in [0, 0.1) is 0 Å². The molecule has 4 aromatic rings. The lowest BCUT2D eigenvalue weighted by Crippen LogP contribution is -2.09. The predicted molar refractivity (Wildman–Crippen MR) is 126 cm³/mol. The highest BCUT2D eigenvalue weighted by Crippen LogP contribution is 2.28. The van der Waals surface area contributed by atoms with Crippen molar-refractivity contribution in [3.05, 3.63) is 94.2 Å². The highest BCUT2D eigenvalue weighted by molar-refractivity contribution is 9.10. The van der Waals surface area contributed by atoms with E-state index in [1.807, 2.05) is 71.3 Å². The van der Waals surface area contributed by atoms with Crippen LogP contribution >= 0.6 is 15.9 Å². The number of imidazole rings is 1. The first-order chi connectivity index (χ1) is 15.1. The van der Waals surface area contributed by atoms with Crippen molar-refractivity contribution in [3.8, 4) is 11.5 Å². The second kappa shape index (κ2) is 9.18. The Morgan fingerprint density at radius 2 is 1.74 bits per heavy atom. The summed E-state index contributed by atoms with van der Waals surface area (Å²) in [5.41, 5.74) is 3.64. The molecular formula is C25H21BrN2O3. The second-order valence-electron chi connectivity index (χ2n) is 6.95. The number of ether oxygens (including phenoxy) is 2. The lowest BCUT2D eigenvalue weighted by atomic mass is 10.1. The molecule has 0 bridgehead atoms. The van der Waals surface area contributed by atoms with Gasteiger partial charge in [-0.1, -0.05) is 52.3 Å². The van der Waals surface area contributed by atoms with Gasteiger partial charge >= 0.3 is 0 Å². The number of ketones is 1. The zero-order chi connectivity index (χ0) is 21.8. The number of hydrogen-bond acceptors (Lipinski definition) is 4. The van der Waals surface area contributed by atoms with Crippen molar-refractivity contribution in [1.82, 2.24) is 9.55 Å². The molecule has 0 saturated heterocycles. The fourth-order valence-corrected chi connectivity index (χ4v) is 3.66. The van der Waals surface area contributed by atoms with Crippen LogP contribution in [0.4, 0.5) is 0 Å². The third-order valence-electron chi connectivity index (χ3n) is 4.96. The highest BCUT2D eigenvalue weighted by Gasteiger charge is 2.16. The number of halogens is 1. The Morgan fingerprint density at radius 3 is 2.48 bits per heavy atom. The molecule has 4 rings (SSSR count). The predicted octanol–water partition coefficient (Wildman–Crippen LogP) is 5.76. The first-order valence-electron chi connectivity index (χ1n) is 9.73. The number of rotatable bonds is 7. The van der Waals surface area contributed by atoms with Crippen LogP contribution in [0.1, 0.15) is 21.7 Å². The van der Waals surface area contributed by atoms with E-state index in [2.05, 4.69) is 20.9 Å². The van der Waals surface area contributed by atoms with Gasteiger partial charge in [0.2, 0.25) is 5.78 Å². The molecule has 0 atom stereocenters. The minimum atomic E-state index is -0.164. The Morgan fingerprint density at radius 1 is 1.00 bits per heavy atom. The number of benzene rings is 3. The number of fused-ring (bicyclic) bond motifs is 1. The number of carbonyl (C=O) groups excluding carboxylic acids is 1. The summed E-state index contributed by atoms with van der Waals surface area (Å²) in [6, 6.07) is 21.3. The van der Waals surface area contributed by atoms with Gasteiger partial charge in [-0.15, -0.1) is 0 Å². The topological polar surface area (TPSA) is 53.3 Å². The van der Waals surface area contributed by atoms with Gasteiger partial charge in [-0.3, -0.25) is 4.79 Å². The van der Waals surface area contributed by atoms with Gasteiger partial charge < -0.3 is 14.0 Å². The number of carbonyl (C=O) groups is 1. The largest absolute Gasteiger partial charge is 0.493 e. The maximum Gasteiger partial charge on any atom is 0.221 e. The first kappa shape index (κ1) is 20.9. The summed E-state index contributed by atoms with van der Waals surface area (Å²) in [6.45, 7) is 0.555. The van der Waals surface area contributed by atoms with E-state index in [4.69, 9.17) is 9.47 Å². The molecule has 0 aliphatic rings. The zero-order valence-electron chi connectivity index (χ0n) is 17.2. The van der Waals surface area contributed by atoms with Crippen LogP contribution in [0.15, 0.2) is 77.3 Å². The number of nitrogens with zero attached hydrogens (tertiary/aromatic N) is 2. The van der Waals surface area contributed by atoms with E-state index in [0.717, 1.165) is 26.6 Å². The fraction of sp³-hybridized carbons (Fsp3) is 0.120. The summed E-state index contributed by atoms with van der Waals surface area (Å²) in [5.74, 6) is 1.49. The van der Waals surface area contributed by atoms with Crippen LogP contribution in [-0.2, 0) is 6.54 Å². The smallest absolute Gasteiger partial charge is 0.221 e. The number of methoxy groups -OCH3 is 2. The van der Waals surface area contributed by atoms with Gasteiger partial charge in [-0.05, 0) is 53.6 Å². The Kier molecular flexibility index (Phi) is 6.18. The minimum Gasteiger partial charge on any atom is -0.493 e. The van der Waals surface area contributed by atoms with Crippen LogP contribution < -0.4 is 9.47 Å². The number of hydrogen-bond donors (Lipinski definition) is 0. The molecule has 0 aliphatic carbocycles. The molecule has 0 unspecified atom stereocenters. The zero-order valence-corrected chi connectivity index (χ0v) is 18.8. The highest BCUT2D eigenvalue weighted by atomic mass is 79.9. The SMILES string of the molecule is COc1ccc(/C=C/C(=O)c2nc3ccccc3n2Cc2ccc(Br)cc2)cc1OC. The minimum absolute atomic E-state index is 0.164. The van der Waals surface area contributed by atoms with E-state index in [1.54, 1.807) is 26.4 Å². The van der Waals surface area contributed by atoms with Crippen LogP contribution in [0.3, 0.4) is 0 Å². The molecule has 5 nitrogen and oxygen atoms in total. The maximum absolute atomic E-state index is 13.1. The number of para-hydroxylation sites is 2. The van der Waals surface area contributed by atoms with Crippen molar-refractivity contribution in [2.45, 2.75) is 6.54 Å². The molecule has 156 valence electrons. The van der Waals surface area contributed by atoms with Gasteiger partial charge in [0, 0.05) is 11.0 Å². The summed E-state index contributed by atoms with van der Waals surface area (Å²) in [6.07, 6.45) is 3.30. The van der Waals surface area contributed by atoms with Crippen molar-refractivity contribution >= 4 is 38.8 Å². The van der Waals surface area contributed by atoms with E-state index >= 15 is 0 Å². The van der Waals surface area contributed by atoms with Gasteiger partial charge in [0.25, 0.3) is 0 Å². The summed E-state index contributed by atoms with van der Waals surface area (Å²) in [7, 11) is 3.17. The van der Waals surface area contributed by atoms with Gasteiger partial charge in [-0.25, -0.2) is 4.98 Å². The van der Waals surface area contributed by atoms with E-state index < -0.39 is 0 Å². The van der Waals surface area contributed by atoms with Crippen LogP contribution in [-0.4, -0.2) is 29.6 Å². The summed E-state index contributed by atoms with van der Waals surface area (Å²) >= 11 is 3.46. The molecular weight excluding hydrogens is 456 g/mol. The lowest BCUT2D eigenvalue weighted by molar-refractivity contribution is 0.103. The monoisotopic (exact) mass is 476 g/mol. The van der Waals surface area contributed by atoms with E-state index in [-0.39, 0.29) is 5.78 Å². The van der Waals surface area contributed by atoms with Gasteiger partial charge in [0.05, 0.1) is 25.3 Å². The average Bonchev–Trinajstić information content (AvgIpc) is 3.17. The number of aromatic nitrogens is 2. The van der Waals surface area contributed by atoms with Crippen LogP contribution in [0.5, 0.6) is 11.5 Å². The molecule has 0 saturated carbocycles. The fourth-order valence-electron chi connectivity index (χ4n) is 3.40. The number of allylic oxidation sites excluding steroid dienone is 1. The molecule has 31 heavy (non-hydrogen) atoms. The maximum atomic E-state index is 13.1. The van der Waals surface area contributed by atoms with Gasteiger partial charge in [-0.2, -0.15) is 0 Å². The molecule has 1 heterocycles. The van der Waals surface area contributed by atoms with Crippen molar-refractivity contribution in [1.29, 1.82) is 0 Å². The van der Waals surface area contributed by atoms with Crippen LogP contribution in [0.25, 0.3) is 17.1 Å². The van der Waals surface area contributed by atoms with Crippen LogP contribution in [0.2, 0.25) is 0 Å². The Balaban J connectivity index is 1.67. The van der Waals surface area contributed by atoms with Crippen molar-refractivity contribution in [2.24, 2.45) is 0 Å². The quantitative estimate of drug-likeness (QED) is 0.251.